The predicted octanol–water partition coefficient (Wildman–Crippen LogP) is 2.55. The third-order valence-corrected chi connectivity index (χ3v) is 3.25. The van der Waals surface area contributed by atoms with Gasteiger partial charge in [-0.25, -0.2) is 0 Å². The molecule has 0 amide bonds. The Labute approximate surface area is 67.9 Å². The van der Waals surface area contributed by atoms with Crippen LogP contribution in [-0.2, 0) is 19.8 Å². The Bertz CT molecular complexity index is 175. The molecule has 0 heterocycles. The third kappa shape index (κ3) is 1.19. The van der Waals surface area contributed by atoms with Crippen molar-refractivity contribution >= 4 is 0 Å². The molecule has 0 spiro atoms. The van der Waals surface area contributed by atoms with E-state index in [0.717, 1.165) is 0 Å². The summed E-state index contributed by atoms with van der Waals surface area (Å²) in [4.78, 5) is 0. The van der Waals surface area contributed by atoms with E-state index in [9.17, 15) is 0 Å². The average molecular weight is 302 g/mol. The molecule has 0 aliphatic heterocycles. The van der Waals surface area contributed by atoms with Crippen molar-refractivity contribution < 1.29 is 19.8 Å². The van der Waals surface area contributed by atoms with Crippen LogP contribution < -0.4 is 0 Å². The fraction of sp³-hybridized carbons (Fsp3) is 0.500. The molecule has 0 fully saturated rings. The zero-order valence-corrected chi connectivity index (χ0v) is 8.30. The molecule has 0 N–H and O–H groups in total. The van der Waals surface area contributed by atoms with Crippen molar-refractivity contribution in [2.45, 2.75) is 27.2 Å². The van der Waals surface area contributed by atoms with E-state index in [1.165, 1.54) is 27.1 Å². The Morgan fingerprint density at radius 1 is 1.11 bits per heavy atom. The molecule has 0 radical (unpaired) electrons. The van der Waals surface area contributed by atoms with Gasteiger partial charge in [-0.15, -0.1) is 0 Å². The molecule has 1 aliphatic carbocycles. The van der Waals surface area contributed by atoms with E-state index in [1.807, 2.05) is 0 Å². The van der Waals surface area contributed by atoms with E-state index in [-0.39, 0.29) is 0 Å². The molecule has 1 aliphatic rings. The summed E-state index contributed by atoms with van der Waals surface area (Å²) in [5, 5.41) is 0. The van der Waals surface area contributed by atoms with Gasteiger partial charge in [-0.2, -0.15) is 0 Å². The number of allylic oxidation sites excluding steroid dienone is 4. The first-order valence-corrected chi connectivity index (χ1v) is 4.25. The Morgan fingerprint density at radius 2 is 1.67 bits per heavy atom. The minimum absolute atomic E-state index is 1.19. The summed E-state index contributed by atoms with van der Waals surface area (Å²) < 4.78 is 1.52. The van der Waals surface area contributed by atoms with Crippen molar-refractivity contribution in [3.05, 3.63) is 20.7 Å². The minimum atomic E-state index is 1.19. The Morgan fingerprint density at radius 3 is 1.78 bits per heavy atom. The second kappa shape index (κ2) is 2.42. The maximum absolute atomic E-state index is 2.41. The Kier molecular flexibility index (Phi) is 1.96. The summed E-state index contributed by atoms with van der Waals surface area (Å²) in [5.74, 6) is 0. The third-order valence-electron chi connectivity index (χ3n) is 2.00. The molecular weight excluding hydrogens is 291 g/mol. The molecule has 0 aromatic rings. The first kappa shape index (κ1) is 7.28. The van der Waals surface area contributed by atoms with Crippen molar-refractivity contribution in [2.75, 3.05) is 0 Å². The van der Waals surface area contributed by atoms with Crippen molar-refractivity contribution in [3.63, 3.8) is 0 Å². The predicted molar refractivity (Wildman–Crippen MR) is 35.7 cm³/mol. The molecule has 9 heavy (non-hydrogen) atoms. The fourth-order valence-electron chi connectivity index (χ4n) is 0.994. The molecule has 0 unspecified atom stereocenters. The molecule has 1 heteroatoms. The zero-order chi connectivity index (χ0) is 7.02. The van der Waals surface area contributed by atoms with E-state index in [0.29, 0.717) is 0 Å². The fourth-order valence-corrected chi connectivity index (χ4v) is 2.02. The summed E-state index contributed by atoms with van der Waals surface area (Å²) in [5.41, 5.74) is 4.53. The van der Waals surface area contributed by atoms with Crippen LogP contribution >= 0.6 is 0 Å². The topological polar surface area (TPSA) is 0 Å². The van der Waals surface area contributed by atoms with Gasteiger partial charge in [0.25, 0.3) is 0 Å². The van der Waals surface area contributed by atoms with Crippen LogP contribution in [0.25, 0.3) is 0 Å². The molecule has 0 saturated carbocycles. The van der Waals surface area contributed by atoms with Crippen molar-refractivity contribution in [2.24, 2.45) is 0 Å². The number of hydrogen-bond acceptors (Lipinski definition) is 0. The second-order valence-electron chi connectivity index (χ2n) is 2.57. The number of rotatable bonds is 0. The van der Waals surface area contributed by atoms with Crippen LogP contribution in [0.5, 0.6) is 0 Å². The van der Waals surface area contributed by atoms with Gasteiger partial charge in [-0.3, -0.25) is 0 Å². The maximum atomic E-state index is 2.41. The molecular formula is C8H11Pt. The van der Waals surface area contributed by atoms with Crippen molar-refractivity contribution in [1.82, 2.24) is 0 Å². The number of hydrogen-bond donors (Lipinski definition) is 0. The van der Waals surface area contributed by atoms with E-state index >= 15 is 0 Å². The standard InChI is InChI=1S/C8H11.Pt/c1-6-4-5-7(2)8(6)3;/h4H2,1-3H3;. The van der Waals surface area contributed by atoms with E-state index in [1.54, 1.807) is 0 Å². The van der Waals surface area contributed by atoms with Gasteiger partial charge in [-0.05, 0) is 0 Å². The van der Waals surface area contributed by atoms with Gasteiger partial charge >= 0.3 is 67.7 Å². The summed E-state index contributed by atoms with van der Waals surface area (Å²) in [6.45, 7) is 6.62. The van der Waals surface area contributed by atoms with Gasteiger partial charge in [0.1, 0.15) is 0 Å². The second-order valence-corrected chi connectivity index (χ2v) is 3.95. The molecule has 0 atom stereocenters. The summed E-state index contributed by atoms with van der Waals surface area (Å²) >= 11 is 2.41. The molecule has 1 rings (SSSR count). The molecule has 53 valence electrons. The van der Waals surface area contributed by atoms with Crippen molar-refractivity contribution in [3.8, 4) is 0 Å². The molecule has 0 nitrogen and oxygen atoms in total. The van der Waals surface area contributed by atoms with E-state index < -0.39 is 0 Å². The first-order chi connectivity index (χ1) is 4.13. The summed E-state index contributed by atoms with van der Waals surface area (Å²) in [6, 6.07) is 0. The zero-order valence-electron chi connectivity index (χ0n) is 6.02. The molecule has 0 aromatic heterocycles. The van der Waals surface area contributed by atoms with Crippen molar-refractivity contribution in [1.29, 1.82) is 0 Å². The van der Waals surface area contributed by atoms with Crippen LogP contribution in [-0.4, -0.2) is 0 Å². The van der Waals surface area contributed by atoms with Gasteiger partial charge < -0.3 is 0 Å². The van der Waals surface area contributed by atoms with Crippen LogP contribution in [0.15, 0.2) is 20.7 Å². The van der Waals surface area contributed by atoms with Gasteiger partial charge in [0.15, 0.2) is 0 Å². The van der Waals surface area contributed by atoms with Crippen LogP contribution in [0.3, 0.4) is 0 Å². The SMILES string of the molecule is CC1=C(C)C(C)=[C]([Pt])C1. The van der Waals surface area contributed by atoms with Crippen LogP contribution in [0.2, 0.25) is 0 Å². The average Bonchev–Trinajstić information content (AvgIpc) is 1.98. The Balaban J connectivity index is 2.97. The normalized spacial score (nSPS) is 20.1. The summed E-state index contributed by atoms with van der Waals surface area (Å²) in [6.07, 6.45) is 1.19. The van der Waals surface area contributed by atoms with E-state index in [4.69, 9.17) is 0 Å². The van der Waals surface area contributed by atoms with Gasteiger partial charge in [0, 0.05) is 0 Å². The molecule has 0 saturated heterocycles. The van der Waals surface area contributed by atoms with Crippen LogP contribution in [0.4, 0.5) is 0 Å². The molecule has 0 bridgehead atoms. The van der Waals surface area contributed by atoms with Crippen LogP contribution in [0, 0.1) is 0 Å². The van der Waals surface area contributed by atoms with Gasteiger partial charge in [0.2, 0.25) is 0 Å². The molecule has 0 aromatic carbocycles. The summed E-state index contributed by atoms with van der Waals surface area (Å²) in [7, 11) is 0. The first-order valence-electron chi connectivity index (χ1n) is 3.12. The van der Waals surface area contributed by atoms with Gasteiger partial charge in [0.05, 0.1) is 0 Å². The monoisotopic (exact) mass is 302 g/mol. The van der Waals surface area contributed by atoms with Crippen LogP contribution in [0.1, 0.15) is 27.2 Å². The van der Waals surface area contributed by atoms with E-state index in [2.05, 4.69) is 40.6 Å². The van der Waals surface area contributed by atoms with Gasteiger partial charge in [-0.1, -0.05) is 0 Å². The quantitative estimate of drug-likeness (QED) is 0.645. The Hall–Kier alpha value is 0.168.